The largest absolute Gasteiger partial charge is 0.480 e. The van der Waals surface area contributed by atoms with Crippen LogP contribution in [0.4, 0.5) is 0 Å². The number of carboxylic acid groups (broad SMARTS) is 1. The number of carboxylic acids is 1. The van der Waals surface area contributed by atoms with Gasteiger partial charge in [-0.25, -0.2) is 0 Å². The van der Waals surface area contributed by atoms with Crippen LogP contribution in [0.2, 0.25) is 5.02 Å². The van der Waals surface area contributed by atoms with E-state index in [4.69, 9.17) is 21.2 Å². The van der Waals surface area contributed by atoms with Gasteiger partial charge in [-0.05, 0) is 12.1 Å². The van der Waals surface area contributed by atoms with E-state index in [0.717, 1.165) is 0 Å². The van der Waals surface area contributed by atoms with Gasteiger partial charge in [-0.3, -0.25) is 9.69 Å². The van der Waals surface area contributed by atoms with Crippen molar-refractivity contribution in [3.8, 4) is 11.4 Å². The van der Waals surface area contributed by atoms with Crippen LogP contribution in [0.5, 0.6) is 0 Å². The molecule has 0 fully saturated rings. The predicted octanol–water partition coefficient (Wildman–Crippen LogP) is 2.46. The van der Waals surface area contributed by atoms with Gasteiger partial charge in [0.15, 0.2) is 0 Å². The van der Waals surface area contributed by atoms with Gasteiger partial charge in [-0.2, -0.15) is 4.98 Å². The molecule has 0 amide bonds. The van der Waals surface area contributed by atoms with Crippen LogP contribution in [0.15, 0.2) is 41.4 Å². The molecule has 0 saturated heterocycles. The van der Waals surface area contributed by atoms with E-state index in [0.29, 0.717) is 28.8 Å². The number of carbonyl (C=O) groups is 1. The molecule has 0 aliphatic rings. The van der Waals surface area contributed by atoms with Crippen LogP contribution in [0.25, 0.3) is 11.4 Å². The predicted molar refractivity (Wildman–Crippen MR) is 77.9 cm³/mol. The molecule has 1 aromatic carbocycles. The summed E-state index contributed by atoms with van der Waals surface area (Å²) in [6.45, 7) is 4.11. The van der Waals surface area contributed by atoms with Crippen molar-refractivity contribution >= 4 is 17.6 Å². The third-order valence-electron chi connectivity index (χ3n) is 2.69. The fourth-order valence-corrected chi connectivity index (χ4v) is 2.04. The summed E-state index contributed by atoms with van der Waals surface area (Å²) in [6, 6.07) is 7.16. The number of benzene rings is 1. The molecule has 0 aliphatic heterocycles. The second-order valence-corrected chi connectivity index (χ2v) is 4.75. The summed E-state index contributed by atoms with van der Waals surface area (Å²) in [5.74, 6) is -0.222. The third kappa shape index (κ3) is 4.14. The lowest BCUT2D eigenvalue weighted by Gasteiger charge is -2.15. The molecule has 0 spiro atoms. The number of nitrogens with zero attached hydrogens (tertiary/aromatic N) is 3. The van der Waals surface area contributed by atoms with Crippen LogP contribution in [-0.2, 0) is 11.3 Å². The molecule has 2 aromatic rings. The van der Waals surface area contributed by atoms with Crippen LogP contribution >= 0.6 is 11.6 Å². The SMILES string of the molecule is C=CCN(CC(=O)O)Cc1nc(-c2ccccc2Cl)no1. The van der Waals surface area contributed by atoms with Crippen LogP contribution in [0.1, 0.15) is 5.89 Å². The second-order valence-electron chi connectivity index (χ2n) is 4.34. The Labute approximate surface area is 126 Å². The standard InChI is InChI=1S/C14H14ClN3O3/c1-2-7-18(9-13(19)20)8-12-16-14(17-21-12)10-5-3-4-6-11(10)15/h2-6H,1,7-9H2,(H,19,20). The summed E-state index contributed by atoms with van der Waals surface area (Å²) in [6.07, 6.45) is 1.62. The molecule has 0 unspecified atom stereocenters. The van der Waals surface area contributed by atoms with Gasteiger partial charge >= 0.3 is 5.97 Å². The van der Waals surface area contributed by atoms with Crippen molar-refractivity contribution in [1.82, 2.24) is 15.0 Å². The average Bonchev–Trinajstić information content (AvgIpc) is 2.87. The van der Waals surface area contributed by atoms with E-state index in [-0.39, 0.29) is 13.1 Å². The maximum absolute atomic E-state index is 10.8. The molecule has 110 valence electrons. The molecular formula is C14H14ClN3O3. The third-order valence-corrected chi connectivity index (χ3v) is 3.02. The van der Waals surface area contributed by atoms with Gasteiger partial charge < -0.3 is 9.63 Å². The van der Waals surface area contributed by atoms with Crippen molar-refractivity contribution in [1.29, 1.82) is 0 Å². The molecule has 21 heavy (non-hydrogen) atoms. The van der Waals surface area contributed by atoms with E-state index >= 15 is 0 Å². The highest BCUT2D eigenvalue weighted by atomic mass is 35.5. The Morgan fingerprint density at radius 1 is 1.48 bits per heavy atom. The van der Waals surface area contributed by atoms with Crippen molar-refractivity contribution in [2.45, 2.75) is 6.54 Å². The van der Waals surface area contributed by atoms with E-state index in [2.05, 4.69) is 16.7 Å². The number of hydrogen-bond acceptors (Lipinski definition) is 5. The molecule has 7 heteroatoms. The zero-order chi connectivity index (χ0) is 15.2. The Balaban J connectivity index is 2.14. The first-order valence-electron chi connectivity index (χ1n) is 6.22. The quantitative estimate of drug-likeness (QED) is 0.792. The zero-order valence-corrected chi connectivity index (χ0v) is 12.0. The minimum absolute atomic E-state index is 0.129. The van der Waals surface area contributed by atoms with Gasteiger partial charge in [-0.15, -0.1) is 6.58 Å². The fraction of sp³-hybridized carbons (Fsp3) is 0.214. The smallest absolute Gasteiger partial charge is 0.317 e. The van der Waals surface area contributed by atoms with Crippen molar-refractivity contribution in [3.63, 3.8) is 0 Å². The first-order valence-corrected chi connectivity index (χ1v) is 6.60. The van der Waals surface area contributed by atoms with E-state index in [1.54, 1.807) is 23.1 Å². The second kappa shape index (κ2) is 7.01. The summed E-state index contributed by atoms with van der Waals surface area (Å²) >= 11 is 6.07. The normalized spacial score (nSPS) is 10.8. The maximum Gasteiger partial charge on any atom is 0.317 e. The van der Waals surface area contributed by atoms with Gasteiger partial charge in [0.25, 0.3) is 0 Å². The molecule has 0 aliphatic carbocycles. The summed E-state index contributed by atoms with van der Waals surface area (Å²) in [7, 11) is 0. The molecule has 1 heterocycles. The molecule has 0 atom stereocenters. The Bertz CT molecular complexity index is 642. The van der Waals surface area contributed by atoms with Gasteiger partial charge in [0.2, 0.25) is 11.7 Å². The number of halogens is 1. The highest BCUT2D eigenvalue weighted by molar-refractivity contribution is 6.33. The molecular weight excluding hydrogens is 294 g/mol. The Kier molecular flexibility index (Phi) is 5.08. The zero-order valence-electron chi connectivity index (χ0n) is 11.2. The Morgan fingerprint density at radius 3 is 2.90 bits per heavy atom. The van der Waals surface area contributed by atoms with E-state index in [9.17, 15) is 4.79 Å². The monoisotopic (exact) mass is 307 g/mol. The number of hydrogen-bond donors (Lipinski definition) is 1. The van der Waals surface area contributed by atoms with E-state index < -0.39 is 5.97 Å². The molecule has 1 aromatic heterocycles. The molecule has 0 radical (unpaired) electrons. The van der Waals surface area contributed by atoms with Crippen LogP contribution in [0, 0.1) is 0 Å². The van der Waals surface area contributed by atoms with Crippen molar-refractivity contribution in [2.24, 2.45) is 0 Å². The van der Waals surface area contributed by atoms with Gasteiger partial charge in [0.1, 0.15) is 0 Å². The van der Waals surface area contributed by atoms with Crippen LogP contribution in [-0.4, -0.2) is 39.2 Å². The first-order chi connectivity index (χ1) is 10.1. The van der Waals surface area contributed by atoms with Crippen molar-refractivity contribution in [3.05, 3.63) is 47.8 Å². The minimum Gasteiger partial charge on any atom is -0.480 e. The van der Waals surface area contributed by atoms with Gasteiger partial charge in [0, 0.05) is 12.1 Å². The van der Waals surface area contributed by atoms with Gasteiger partial charge in [-0.1, -0.05) is 35.0 Å². The van der Waals surface area contributed by atoms with Gasteiger partial charge in [0.05, 0.1) is 18.1 Å². The first kappa shape index (κ1) is 15.2. The molecule has 0 saturated carbocycles. The maximum atomic E-state index is 10.8. The average molecular weight is 308 g/mol. The lowest BCUT2D eigenvalue weighted by atomic mass is 10.2. The lowest BCUT2D eigenvalue weighted by Crippen LogP contribution is -2.29. The van der Waals surface area contributed by atoms with E-state index in [1.165, 1.54) is 0 Å². The number of rotatable bonds is 7. The number of aromatic nitrogens is 2. The highest BCUT2D eigenvalue weighted by Crippen LogP contribution is 2.24. The summed E-state index contributed by atoms with van der Waals surface area (Å²) in [4.78, 5) is 16.6. The molecule has 0 bridgehead atoms. The molecule has 6 nitrogen and oxygen atoms in total. The van der Waals surface area contributed by atoms with Crippen LogP contribution < -0.4 is 0 Å². The summed E-state index contributed by atoms with van der Waals surface area (Å²) in [5.41, 5.74) is 0.669. The Hall–Kier alpha value is -2.18. The minimum atomic E-state index is -0.928. The van der Waals surface area contributed by atoms with E-state index in [1.807, 2.05) is 12.1 Å². The molecule has 1 N–H and O–H groups in total. The lowest BCUT2D eigenvalue weighted by molar-refractivity contribution is -0.138. The highest BCUT2D eigenvalue weighted by Gasteiger charge is 2.15. The van der Waals surface area contributed by atoms with Crippen LogP contribution in [0.3, 0.4) is 0 Å². The topological polar surface area (TPSA) is 79.5 Å². The Morgan fingerprint density at radius 2 is 2.24 bits per heavy atom. The van der Waals surface area contributed by atoms with Crippen molar-refractivity contribution in [2.75, 3.05) is 13.1 Å². The molecule has 2 rings (SSSR count). The number of aliphatic carboxylic acids is 1. The summed E-state index contributed by atoms with van der Waals surface area (Å²) in [5, 5.41) is 13.2. The fourth-order valence-electron chi connectivity index (χ4n) is 1.82. The summed E-state index contributed by atoms with van der Waals surface area (Å²) < 4.78 is 5.14. The van der Waals surface area contributed by atoms with Crippen molar-refractivity contribution < 1.29 is 14.4 Å².